The third-order valence-corrected chi connectivity index (χ3v) is 5.47. The van der Waals surface area contributed by atoms with Crippen LogP contribution in [-0.2, 0) is 19.4 Å². The molecular formula is C22H26N2O. The van der Waals surface area contributed by atoms with Crippen LogP contribution in [0.3, 0.4) is 0 Å². The van der Waals surface area contributed by atoms with Crippen molar-refractivity contribution in [1.82, 2.24) is 5.32 Å². The highest BCUT2D eigenvalue weighted by molar-refractivity contribution is 5.94. The lowest BCUT2D eigenvalue weighted by Gasteiger charge is -2.18. The summed E-state index contributed by atoms with van der Waals surface area (Å²) in [6.07, 6.45) is 7.35. The number of anilines is 1. The second kappa shape index (κ2) is 7.30. The van der Waals surface area contributed by atoms with E-state index in [4.69, 9.17) is 0 Å². The summed E-state index contributed by atoms with van der Waals surface area (Å²) >= 11 is 0. The van der Waals surface area contributed by atoms with Crippen molar-refractivity contribution in [2.24, 2.45) is 0 Å². The minimum atomic E-state index is 0.0250. The SMILES string of the molecule is O=C(NCc1ccc(N2CCCC2)cc1)c1ccc2c(c1)CCCC2. The predicted molar refractivity (Wildman–Crippen MR) is 102 cm³/mol. The molecule has 0 aromatic heterocycles. The van der Waals surface area contributed by atoms with Crippen molar-refractivity contribution in [3.05, 3.63) is 64.7 Å². The molecule has 1 N–H and O–H groups in total. The molecule has 0 atom stereocenters. The van der Waals surface area contributed by atoms with E-state index in [1.165, 1.54) is 42.5 Å². The van der Waals surface area contributed by atoms with E-state index in [1.54, 1.807) is 0 Å². The van der Waals surface area contributed by atoms with Crippen LogP contribution in [-0.4, -0.2) is 19.0 Å². The summed E-state index contributed by atoms with van der Waals surface area (Å²) in [7, 11) is 0. The summed E-state index contributed by atoms with van der Waals surface area (Å²) < 4.78 is 0. The van der Waals surface area contributed by atoms with Crippen molar-refractivity contribution in [2.75, 3.05) is 18.0 Å². The molecule has 1 aliphatic carbocycles. The lowest BCUT2D eigenvalue weighted by atomic mass is 9.90. The van der Waals surface area contributed by atoms with Crippen LogP contribution in [0.15, 0.2) is 42.5 Å². The van der Waals surface area contributed by atoms with E-state index < -0.39 is 0 Å². The second-order valence-corrected chi connectivity index (χ2v) is 7.23. The first-order valence-corrected chi connectivity index (χ1v) is 9.53. The number of nitrogens with one attached hydrogen (secondary N) is 1. The Balaban J connectivity index is 1.36. The molecular weight excluding hydrogens is 308 g/mol. The number of hydrogen-bond donors (Lipinski definition) is 1. The van der Waals surface area contributed by atoms with E-state index >= 15 is 0 Å². The summed E-state index contributed by atoms with van der Waals surface area (Å²) in [5.41, 5.74) is 6.00. The molecule has 1 amide bonds. The average molecular weight is 334 g/mol. The summed E-state index contributed by atoms with van der Waals surface area (Å²) in [4.78, 5) is 14.9. The van der Waals surface area contributed by atoms with E-state index in [0.29, 0.717) is 6.54 Å². The topological polar surface area (TPSA) is 32.3 Å². The summed E-state index contributed by atoms with van der Waals surface area (Å²) in [5.74, 6) is 0.0250. The fourth-order valence-corrected chi connectivity index (χ4v) is 3.96. The zero-order chi connectivity index (χ0) is 17.1. The monoisotopic (exact) mass is 334 g/mol. The number of aryl methyl sites for hydroxylation is 2. The Labute approximate surface area is 150 Å². The van der Waals surface area contributed by atoms with Gasteiger partial charge in [-0.3, -0.25) is 4.79 Å². The Bertz CT molecular complexity index is 745. The number of hydrogen-bond acceptors (Lipinski definition) is 2. The Morgan fingerprint density at radius 2 is 1.60 bits per heavy atom. The number of carbonyl (C=O) groups excluding carboxylic acids is 1. The van der Waals surface area contributed by atoms with Crippen LogP contribution in [0, 0.1) is 0 Å². The second-order valence-electron chi connectivity index (χ2n) is 7.23. The Morgan fingerprint density at radius 1 is 0.880 bits per heavy atom. The molecule has 2 aliphatic rings. The van der Waals surface area contributed by atoms with Gasteiger partial charge in [-0.05, 0) is 79.5 Å². The lowest BCUT2D eigenvalue weighted by Crippen LogP contribution is -2.23. The van der Waals surface area contributed by atoms with Crippen LogP contribution in [0.25, 0.3) is 0 Å². The van der Waals surface area contributed by atoms with Gasteiger partial charge in [0.25, 0.3) is 5.91 Å². The van der Waals surface area contributed by atoms with Crippen LogP contribution in [0.1, 0.15) is 52.7 Å². The molecule has 1 fully saturated rings. The smallest absolute Gasteiger partial charge is 0.251 e. The Morgan fingerprint density at radius 3 is 2.36 bits per heavy atom. The van der Waals surface area contributed by atoms with Gasteiger partial charge >= 0.3 is 0 Å². The third-order valence-electron chi connectivity index (χ3n) is 5.47. The van der Waals surface area contributed by atoms with E-state index in [9.17, 15) is 4.79 Å². The van der Waals surface area contributed by atoms with E-state index in [2.05, 4.69) is 46.6 Å². The van der Waals surface area contributed by atoms with Crippen LogP contribution in [0.4, 0.5) is 5.69 Å². The molecule has 0 radical (unpaired) electrons. The van der Waals surface area contributed by atoms with Crippen LogP contribution in [0.2, 0.25) is 0 Å². The van der Waals surface area contributed by atoms with Crippen LogP contribution in [0.5, 0.6) is 0 Å². The molecule has 0 unspecified atom stereocenters. The Hall–Kier alpha value is -2.29. The number of carbonyl (C=O) groups is 1. The molecule has 0 saturated carbocycles. The van der Waals surface area contributed by atoms with Gasteiger partial charge in [0, 0.05) is 30.9 Å². The van der Waals surface area contributed by atoms with E-state index in [1.807, 2.05) is 6.07 Å². The molecule has 1 saturated heterocycles. The molecule has 25 heavy (non-hydrogen) atoms. The fourth-order valence-electron chi connectivity index (χ4n) is 3.96. The minimum absolute atomic E-state index is 0.0250. The lowest BCUT2D eigenvalue weighted by molar-refractivity contribution is 0.0951. The van der Waals surface area contributed by atoms with Gasteiger partial charge in [0.05, 0.1) is 0 Å². The molecule has 2 aromatic carbocycles. The standard InChI is InChI=1S/C22H26N2O/c25-22(20-10-9-18-5-1-2-6-19(18)15-20)23-16-17-7-11-21(12-8-17)24-13-3-4-14-24/h7-12,15H,1-6,13-14,16H2,(H,23,25). The molecule has 2 aromatic rings. The van der Waals surface area contributed by atoms with Crippen LogP contribution >= 0.6 is 0 Å². The van der Waals surface area contributed by atoms with E-state index in [0.717, 1.165) is 37.1 Å². The van der Waals surface area contributed by atoms with Gasteiger partial charge in [0.1, 0.15) is 0 Å². The highest BCUT2D eigenvalue weighted by Crippen LogP contribution is 2.23. The summed E-state index contributed by atoms with van der Waals surface area (Å²) in [6, 6.07) is 14.8. The molecule has 3 nitrogen and oxygen atoms in total. The van der Waals surface area contributed by atoms with Gasteiger partial charge in [-0.25, -0.2) is 0 Å². The molecule has 130 valence electrons. The van der Waals surface area contributed by atoms with Gasteiger partial charge in [0.2, 0.25) is 0 Å². The number of rotatable bonds is 4. The number of nitrogens with zero attached hydrogens (tertiary/aromatic N) is 1. The van der Waals surface area contributed by atoms with Crippen molar-refractivity contribution in [3.63, 3.8) is 0 Å². The first-order chi connectivity index (χ1) is 12.3. The van der Waals surface area contributed by atoms with Crippen molar-refractivity contribution in [2.45, 2.75) is 45.1 Å². The zero-order valence-electron chi connectivity index (χ0n) is 14.8. The summed E-state index contributed by atoms with van der Waals surface area (Å²) in [6.45, 7) is 2.90. The minimum Gasteiger partial charge on any atom is -0.372 e. The maximum Gasteiger partial charge on any atom is 0.251 e. The van der Waals surface area contributed by atoms with Gasteiger partial charge < -0.3 is 10.2 Å². The van der Waals surface area contributed by atoms with Crippen molar-refractivity contribution >= 4 is 11.6 Å². The average Bonchev–Trinajstić information content (AvgIpc) is 3.21. The van der Waals surface area contributed by atoms with Gasteiger partial charge in [-0.2, -0.15) is 0 Å². The van der Waals surface area contributed by atoms with Gasteiger partial charge in [-0.15, -0.1) is 0 Å². The van der Waals surface area contributed by atoms with Gasteiger partial charge in [0.15, 0.2) is 0 Å². The largest absolute Gasteiger partial charge is 0.372 e. The normalized spacial score (nSPS) is 16.6. The van der Waals surface area contributed by atoms with Gasteiger partial charge in [-0.1, -0.05) is 18.2 Å². The Kier molecular flexibility index (Phi) is 4.73. The zero-order valence-corrected chi connectivity index (χ0v) is 14.8. The first-order valence-electron chi connectivity index (χ1n) is 9.53. The molecule has 4 rings (SSSR count). The quantitative estimate of drug-likeness (QED) is 0.913. The van der Waals surface area contributed by atoms with Crippen molar-refractivity contribution in [3.8, 4) is 0 Å². The van der Waals surface area contributed by atoms with Crippen molar-refractivity contribution in [1.29, 1.82) is 0 Å². The maximum absolute atomic E-state index is 12.5. The number of fused-ring (bicyclic) bond motifs is 1. The number of amides is 1. The maximum atomic E-state index is 12.5. The highest BCUT2D eigenvalue weighted by atomic mass is 16.1. The third kappa shape index (κ3) is 3.71. The molecule has 3 heteroatoms. The fraction of sp³-hybridized carbons (Fsp3) is 0.409. The predicted octanol–water partition coefficient (Wildman–Crippen LogP) is 4.10. The first kappa shape index (κ1) is 16.2. The molecule has 0 bridgehead atoms. The summed E-state index contributed by atoms with van der Waals surface area (Å²) in [5, 5.41) is 3.06. The van der Waals surface area contributed by atoms with E-state index in [-0.39, 0.29) is 5.91 Å². The number of benzene rings is 2. The highest BCUT2D eigenvalue weighted by Gasteiger charge is 2.14. The molecule has 0 spiro atoms. The molecule has 1 heterocycles. The van der Waals surface area contributed by atoms with Crippen molar-refractivity contribution < 1.29 is 4.79 Å². The molecule has 1 aliphatic heterocycles. The van der Waals surface area contributed by atoms with Crippen LogP contribution < -0.4 is 10.2 Å².